The van der Waals surface area contributed by atoms with Crippen LogP contribution in [0.4, 0.5) is 8.78 Å². The second kappa shape index (κ2) is 4.59. The van der Waals surface area contributed by atoms with Crippen molar-refractivity contribution in [3.05, 3.63) is 48.0 Å². The average molecular weight is 257 g/mol. The summed E-state index contributed by atoms with van der Waals surface area (Å²) in [4.78, 5) is 0. The van der Waals surface area contributed by atoms with E-state index in [4.69, 9.17) is 11.6 Å². The highest BCUT2D eigenvalue weighted by molar-refractivity contribution is 6.22. The van der Waals surface area contributed by atoms with Gasteiger partial charge in [-0.05, 0) is 27.9 Å². The van der Waals surface area contributed by atoms with E-state index < -0.39 is 11.5 Å². The van der Waals surface area contributed by atoms with Crippen molar-refractivity contribution in [3.63, 3.8) is 0 Å². The zero-order valence-electron chi connectivity index (χ0n) is 8.91. The molecule has 0 fully saturated rings. The van der Waals surface area contributed by atoms with Crippen LogP contribution in [0.15, 0.2) is 42.5 Å². The summed E-state index contributed by atoms with van der Waals surface area (Å²) in [7, 11) is 0. The summed E-state index contributed by atoms with van der Waals surface area (Å²) in [6, 6.07) is 12.8. The Balaban J connectivity index is 2.36. The summed E-state index contributed by atoms with van der Waals surface area (Å²) in [5, 5.41) is 7.53. The fourth-order valence-corrected chi connectivity index (χ4v) is 1.87. The second-order valence-corrected chi connectivity index (χ2v) is 4.40. The molecule has 0 aromatic heterocycles. The molecule has 90 valence electrons. The standard InChI is InChI=1S/C13H11ClF2O/c14-13(15,16)12(17)8-10-6-3-5-9-4-1-2-7-11(9)10/h1-7,12,17H,8H2. The van der Waals surface area contributed by atoms with Gasteiger partial charge in [0, 0.05) is 6.42 Å². The zero-order valence-corrected chi connectivity index (χ0v) is 9.66. The first-order chi connectivity index (χ1) is 7.98. The van der Waals surface area contributed by atoms with Gasteiger partial charge in [0.2, 0.25) is 0 Å². The molecule has 2 aromatic rings. The molecule has 4 heteroatoms. The monoisotopic (exact) mass is 256 g/mol. The minimum atomic E-state index is -3.60. The van der Waals surface area contributed by atoms with Gasteiger partial charge in [-0.15, -0.1) is 0 Å². The Hall–Kier alpha value is -1.19. The lowest BCUT2D eigenvalue weighted by molar-refractivity contribution is -0.0396. The summed E-state index contributed by atoms with van der Waals surface area (Å²) < 4.78 is 25.4. The molecule has 17 heavy (non-hydrogen) atoms. The molecule has 2 rings (SSSR count). The van der Waals surface area contributed by atoms with Crippen molar-refractivity contribution in [3.8, 4) is 0 Å². The van der Waals surface area contributed by atoms with E-state index in [9.17, 15) is 13.9 Å². The van der Waals surface area contributed by atoms with Crippen molar-refractivity contribution in [2.45, 2.75) is 17.9 Å². The number of aliphatic hydroxyl groups excluding tert-OH is 1. The molecule has 2 aromatic carbocycles. The molecule has 1 atom stereocenters. The lowest BCUT2D eigenvalue weighted by atomic mass is 10.00. The van der Waals surface area contributed by atoms with E-state index >= 15 is 0 Å². The molecule has 0 aliphatic heterocycles. The number of aliphatic hydroxyl groups is 1. The Kier molecular flexibility index (Phi) is 3.31. The van der Waals surface area contributed by atoms with Gasteiger partial charge in [0.15, 0.2) is 0 Å². The number of fused-ring (bicyclic) bond motifs is 1. The predicted molar refractivity (Wildman–Crippen MR) is 64.5 cm³/mol. The molecule has 0 aliphatic rings. The van der Waals surface area contributed by atoms with Crippen LogP contribution in [-0.4, -0.2) is 16.6 Å². The molecule has 0 aliphatic carbocycles. The first-order valence-electron chi connectivity index (χ1n) is 5.20. The lowest BCUT2D eigenvalue weighted by Gasteiger charge is -2.16. The van der Waals surface area contributed by atoms with E-state index in [2.05, 4.69) is 0 Å². The molecule has 0 bridgehead atoms. The Morgan fingerprint density at radius 2 is 1.76 bits per heavy atom. The number of halogens is 3. The lowest BCUT2D eigenvalue weighted by Crippen LogP contribution is -2.29. The maximum absolute atomic E-state index is 12.7. The van der Waals surface area contributed by atoms with Crippen molar-refractivity contribution in [1.29, 1.82) is 0 Å². The van der Waals surface area contributed by atoms with E-state index in [0.717, 1.165) is 10.8 Å². The van der Waals surface area contributed by atoms with Gasteiger partial charge in [-0.25, -0.2) is 0 Å². The smallest absolute Gasteiger partial charge is 0.347 e. The average Bonchev–Trinajstić information content (AvgIpc) is 2.28. The number of benzene rings is 2. The van der Waals surface area contributed by atoms with Crippen LogP contribution in [-0.2, 0) is 6.42 Å². The molecule has 0 heterocycles. The summed E-state index contributed by atoms with van der Waals surface area (Å²) in [5.41, 5.74) is 0.663. The Morgan fingerprint density at radius 1 is 1.12 bits per heavy atom. The van der Waals surface area contributed by atoms with Crippen molar-refractivity contribution in [2.75, 3.05) is 0 Å². The highest BCUT2D eigenvalue weighted by Crippen LogP contribution is 2.28. The number of hydrogen-bond donors (Lipinski definition) is 1. The quantitative estimate of drug-likeness (QED) is 0.833. The minimum Gasteiger partial charge on any atom is -0.385 e. The van der Waals surface area contributed by atoms with Gasteiger partial charge >= 0.3 is 5.38 Å². The third-order valence-corrected chi connectivity index (χ3v) is 2.92. The van der Waals surface area contributed by atoms with Gasteiger partial charge in [-0.2, -0.15) is 8.78 Å². The molecule has 1 N–H and O–H groups in total. The van der Waals surface area contributed by atoms with Gasteiger partial charge in [0.05, 0.1) is 0 Å². The van der Waals surface area contributed by atoms with Crippen LogP contribution >= 0.6 is 11.6 Å². The topological polar surface area (TPSA) is 20.2 Å². The highest BCUT2D eigenvalue weighted by atomic mass is 35.5. The van der Waals surface area contributed by atoms with Crippen LogP contribution in [0, 0.1) is 0 Å². The Bertz CT molecular complexity index is 517. The second-order valence-electron chi connectivity index (χ2n) is 3.90. The van der Waals surface area contributed by atoms with Crippen molar-refractivity contribution < 1.29 is 13.9 Å². The summed E-state index contributed by atoms with van der Waals surface area (Å²) >= 11 is 4.80. The molecule has 0 saturated heterocycles. The van der Waals surface area contributed by atoms with Crippen LogP contribution in [0.1, 0.15) is 5.56 Å². The summed E-state index contributed by atoms with van der Waals surface area (Å²) in [5.74, 6) is 0. The van der Waals surface area contributed by atoms with Crippen molar-refractivity contribution in [1.82, 2.24) is 0 Å². The molecular formula is C13H11ClF2O. The molecule has 0 saturated carbocycles. The SMILES string of the molecule is OC(Cc1cccc2ccccc12)C(F)(F)Cl. The van der Waals surface area contributed by atoms with Crippen LogP contribution in [0.2, 0.25) is 0 Å². The van der Waals surface area contributed by atoms with E-state index in [1.807, 2.05) is 30.3 Å². The normalized spacial score (nSPS) is 13.9. The highest BCUT2D eigenvalue weighted by Gasteiger charge is 2.35. The number of rotatable bonds is 3. The maximum Gasteiger partial charge on any atom is 0.347 e. The third kappa shape index (κ3) is 2.73. The Labute approximate surface area is 103 Å². The number of hydrogen-bond acceptors (Lipinski definition) is 1. The van der Waals surface area contributed by atoms with Crippen LogP contribution in [0.3, 0.4) is 0 Å². The van der Waals surface area contributed by atoms with E-state index in [0.29, 0.717) is 5.56 Å². The predicted octanol–water partition coefficient (Wildman–Crippen LogP) is 3.57. The van der Waals surface area contributed by atoms with E-state index in [1.165, 1.54) is 0 Å². The molecule has 0 radical (unpaired) electrons. The molecule has 1 unspecified atom stereocenters. The van der Waals surface area contributed by atoms with Crippen LogP contribution in [0.5, 0.6) is 0 Å². The van der Waals surface area contributed by atoms with Gasteiger partial charge in [-0.1, -0.05) is 42.5 Å². The van der Waals surface area contributed by atoms with Crippen molar-refractivity contribution in [2.24, 2.45) is 0 Å². The fraction of sp³-hybridized carbons (Fsp3) is 0.231. The van der Waals surface area contributed by atoms with Gasteiger partial charge < -0.3 is 5.11 Å². The molecular weight excluding hydrogens is 246 g/mol. The largest absolute Gasteiger partial charge is 0.385 e. The number of alkyl halides is 3. The first-order valence-corrected chi connectivity index (χ1v) is 5.57. The first kappa shape index (κ1) is 12.3. The third-order valence-electron chi connectivity index (χ3n) is 2.67. The summed E-state index contributed by atoms with van der Waals surface area (Å²) in [6.45, 7) is 0. The van der Waals surface area contributed by atoms with Crippen LogP contribution in [0.25, 0.3) is 10.8 Å². The minimum absolute atomic E-state index is 0.169. The molecule has 0 amide bonds. The molecule has 0 spiro atoms. The van der Waals surface area contributed by atoms with Gasteiger partial charge in [0.25, 0.3) is 0 Å². The van der Waals surface area contributed by atoms with Gasteiger partial charge in [-0.3, -0.25) is 0 Å². The Morgan fingerprint density at radius 3 is 2.47 bits per heavy atom. The van der Waals surface area contributed by atoms with Gasteiger partial charge in [0.1, 0.15) is 6.10 Å². The molecule has 1 nitrogen and oxygen atoms in total. The van der Waals surface area contributed by atoms with E-state index in [1.54, 1.807) is 12.1 Å². The van der Waals surface area contributed by atoms with Crippen molar-refractivity contribution >= 4 is 22.4 Å². The fourth-order valence-electron chi connectivity index (χ4n) is 1.79. The van der Waals surface area contributed by atoms with E-state index in [-0.39, 0.29) is 6.42 Å². The summed E-state index contributed by atoms with van der Waals surface area (Å²) in [6.07, 6.45) is -2.05. The zero-order chi connectivity index (χ0) is 12.5. The van der Waals surface area contributed by atoms with Crippen LogP contribution < -0.4 is 0 Å². The maximum atomic E-state index is 12.7.